The summed E-state index contributed by atoms with van der Waals surface area (Å²) in [7, 11) is -6.98. The van der Waals surface area contributed by atoms with Crippen LogP contribution in [0.1, 0.15) is 21.0 Å². The van der Waals surface area contributed by atoms with Crippen molar-refractivity contribution >= 4 is 59.9 Å². The van der Waals surface area contributed by atoms with Crippen molar-refractivity contribution < 1.29 is 138 Å². The Balaban J connectivity index is 0.00000267. The number of rotatable bonds is 6. The van der Waals surface area contributed by atoms with E-state index in [-0.39, 0.29) is 125 Å². The molecule has 0 aliphatic heterocycles. The number of amides is 2. The van der Waals surface area contributed by atoms with E-state index >= 15 is 0 Å². The van der Waals surface area contributed by atoms with Gasteiger partial charge < -0.3 is 34.6 Å². The Labute approximate surface area is 308 Å². The second-order valence-electron chi connectivity index (χ2n) is 8.17. The third kappa shape index (κ3) is 7.89. The monoisotopic (exact) mass is 623 g/mol. The summed E-state index contributed by atoms with van der Waals surface area (Å²) in [5, 5.41) is 5.04. The predicted octanol–water partition coefficient (Wildman–Crippen LogP) is -4.58. The number of nitrogens with zero attached hydrogens (tertiary/aromatic N) is 2. The second kappa shape index (κ2) is 12.9. The third-order valence-corrected chi connectivity index (χ3v) is 7.15. The van der Waals surface area contributed by atoms with Gasteiger partial charge in [0.05, 0.1) is 21.2 Å². The van der Waals surface area contributed by atoms with Gasteiger partial charge in [0.15, 0.2) is 0 Å². The van der Waals surface area contributed by atoms with E-state index in [2.05, 4.69) is 10.6 Å². The molecule has 13 nitrogen and oxygen atoms in total. The SMILES string of the molecule is Cn1cc(N)cc1C(=O)Nc1cc(C(=O)Nc2ccc3cc(S(=O)(=O)[O-])cc(S(=O)(=O)[O-])c3c2)n(C)c1.[K+].[K+]. The number of benzene rings is 2. The number of aromatic nitrogens is 2. The van der Waals surface area contributed by atoms with Crippen molar-refractivity contribution in [2.24, 2.45) is 14.1 Å². The van der Waals surface area contributed by atoms with Crippen molar-refractivity contribution in [2.75, 3.05) is 16.4 Å². The van der Waals surface area contributed by atoms with Crippen molar-refractivity contribution in [1.29, 1.82) is 0 Å². The molecule has 0 radical (unpaired) electrons. The molecular formula is C22H19K2N5O8S2. The fourth-order valence-corrected chi connectivity index (χ4v) is 5.12. The maximum Gasteiger partial charge on any atom is 1.00 e. The predicted molar refractivity (Wildman–Crippen MR) is 131 cm³/mol. The minimum absolute atomic E-state index is 0. The second-order valence-corrected chi connectivity index (χ2v) is 10.9. The van der Waals surface area contributed by atoms with Crippen LogP contribution in [0.5, 0.6) is 0 Å². The summed E-state index contributed by atoms with van der Waals surface area (Å²) in [5.74, 6) is -1.08. The number of nitrogens with two attached hydrogens (primary N) is 1. The summed E-state index contributed by atoms with van der Waals surface area (Å²) in [5.41, 5.74) is 6.96. The average Bonchev–Trinajstić information content (AvgIpc) is 3.32. The molecule has 17 heteroatoms. The van der Waals surface area contributed by atoms with Crippen LogP contribution in [0, 0.1) is 0 Å². The number of carbonyl (C=O) groups excluding carboxylic acids is 2. The zero-order valence-corrected chi connectivity index (χ0v) is 29.1. The first-order valence-electron chi connectivity index (χ1n) is 10.3. The Hall–Kier alpha value is -0.907. The first kappa shape index (κ1) is 34.3. The molecule has 0 aliphatic carbocycles. The topological polar surface area (TPSA) is 208 Å². The van der Waals surface area contributed by atoms with Crippen LogP contribution >= 0.6 is 0 Å². The van der Waals surface area contributed by atoms with E-state index in [0.29, 0.717) is 23.1 Å². The molecular weight excluding hydrogens is 605 g/mol. The summed E-state index contributed by atoms with van der Waals surface area (Å²) in [6.45, 7) is 0. The smallest absolute Gasteiger partial charge is 0.744 e. The molecule has 0 bridgehead atoms. The largest absolute Gasteiger partial charge is 1.00 e. The van der Waals surface area contributed by atoms with Crippen LogP contribution in [0.2, 0.25) is 0 Å². The van der Waals surface area contributed by atoms with Crippen LogP contribution in [0.3, 0.4) is 0 Å². The number of anilines is 3. The van der Waals surface area contributed by atoms with Gasteiger partial charge in [-0.15, -0.1) is 0 Å². The van der Waals surface area contributed by atoms with Gasteiger partial charge >= 0.3 is 103 Å². The minimum Gasteiger partial charge on any atom is -0.744 e. The molecule has 0 unspecified atom stereocenters. The number of nitrogen functional groups attached to an aromatic ring is 1. The molecule has 0 aliphatic rings. The van der Waals surface area contributed by atoms with Gasteiger partial charge in [0, 0.05) is 37.6 Å². The van der Waals surface area contributed by atoms with Gasteiger partial charge in [0.1, 0.15) is 31.6 Å². The summed E-state index contributed by atoms with van der Waals surface area (Å²) in [6.07, 6.45) is 3.08. The molecule has 0 fully saturated rings. The van der Waals surface area contributed by atoms with Crippen molar-refractivity contribution in [3.05, 3.63) is 66.2 Å². The van der Waals surface area contributed by atoms with Crippen molar-refractivity contribution in [1.82, 2.24) is 9.13 Å². The van der Waals surface area contributed by atoms with Crippen LogP contribution < -0.4 is 119 Å². The molecule has 39 heavy (non-hydrogen) atoms. The molecule has 0 saturated carbocycles. The summed E-state index contributed by atoms with van der Waals surface area (Å²) < 4.78 is 72.4. The maximum absolute atomic E-state index is 12.9. The van der Waals surface area contributed by atoms with Gasteiger partial charge in [-0.1, -0.05) is 6.07 Å². The van der Waals surface area contributed by atoms with Gasteiger partial charge in [-0.25, -0.2) is 16.8 Å². The van der Waals surface area contributed by atoms with Gasteiger partial charge in [-0.3, -0.25) is 9.59 Å². The molecule has 2 aromatic heterocycles. The fraction of sp³-hybridized carbons (Fsp3) is 0.0909. The van der Waals surface area contributed by atoms with Crippen molar-refractivity contribution in [3.8, 4) is 0 Å². The van der Waals surface area contributed by atoms with Crippen molar-refractivity contribution in [3.63, 3.8) is 0 Å². The van der Waals surface area contributed by atoms with Gasteiger partial charge in [0.2, 0.25) is 0 Å². The van der Waals surface area contributed by atoms with Gasteiger partial charge in [-0.2, -0.15) is 0 Å². The molecule has 0 spiro atoms. The maximum atomic E-state index is 12.9. The quantitative estimate of drug-likeness (QED) is 0.139. The Morgan fingerprint density at radius 1 is 0.769 bits per heavy atom. The normalized spacial score (nSPS) is 11.4. The van der Waals surface area contributed by atoms with Crippen LogP contribution in [-0.4, -0.2) is 46.9 Å². The molecule has 4 N–H and O–H groups in total. The number of nitrogens with one attached hydrogen (secondary N) is 2. The van der Waals surface area contributed by atoms with Crippen LogP contribution in [0.15, 0.2) is 64.6 Å². The van der Waals surface area contributed by atoms with E-state index in [1.807, 2.05) is 0 Å². The van der Waals surface area contributed by atoms with E-state index in [1.165, 1.54) is 41.1 Å². The first-order valence-corrected chi connectivity index (χ1v) is 13.2. The number of hydrogen-bond acceptors (Lipinski definition) is 9. The molecule has 2 amide bonds. The Morgan fingerprint density at radius 3 is 1.87 bits per heavy atom. The minimum atomic E-state index is -5.17. The van der Waals surface area contributed by atoms with E-state index in [9.17, 15) is 35.5 Å². The Morgan fingerprint density at radius 2 is 1.33 bits per heavy atom. The Bertz CT molecular complexity index is 1820. The van der Waals surface area contributed by atoms with Crippen LogP contribution in [0.25, 0.3) is 10.8 Å². The number of aryl methyl sites for hydroxylation is 2. The van der Waals surface area contributed by atoms with Crippen LogP contribution in [0.4, 0.5) is 17.1 Å². The molecule has 2 aromatic carbocycles. The van der Waals surface area contributed by atoms with Crippen LogP contribution in [-0.2, 0) is 34.3 Å². The summed E-state index contributed by atoms with van der Waals surface area (Å²) >= 11 is 0. The van der Waals surface area contributed by atoms with E-state index < -0.39 is 41.8 Å². The molecule has 0 atom stereocenters. The van der Waals surface area contributed by atoms with Gasteiger partial charge in [0.25, 0.3) is 11.8 Å². The number of hydrogen-bond donors (Lipinski definition) is 3. The average molecular weight is 624 g/mol. The first-order chi connectivity index (χ1) is 17.1. The molecule has 2 heterocycles. The van der Waals surface area contributed by atoms with E-state index in [4.69, 9.17) is 5.73 Å². The van der Waals surface area contributed by atoms with Gasteiger partial charge in [-0.05, 0) is 41.8 Å². The number of fused-ring (bicyclic) bond motifs is 1. The molecule has 0 saturated heterocycles. The molecule has 4 aromatic rings. The fourth-order valence-electron chi connectivity index (χ4n) is 3.79. The van der Waals surface area contributed by atoms with E-state index in [1.54, 1.807) is 24.9 Å². The summed E-state index contributed by atoms with van der Waals surface area (Å²) in [6, 6.07) is 8.11. The standard InChI is InChI=1S/C22H21N5O8S2.2K/c1-26-10-13(23)6-18(26)21(28)25-15-8-19(27(2)11-15)22(29)24-14-4-3-12-5-16(36(30,31)32)9-20(17(12)7-14)37(33,34)35;;/h3-11H,23H2,1-2H3,(H,24,29)(H,25,28)(H,30,31,32)(H,33,34,35);;/q;2*+1/p-2. The molecule has 4 rings (SSSR count). The molecule has 194 valence electrons. The van der Waals surface area contributed by atoms with Crippen molar-refractivity contribution in [2.45, 2.75) is 9.79 Å². The number of carbonyl (C=O) groups is 2. The zero-order chi connectivity index (χ0) is 27.3. The third-order valence-electron chi connectivity index (χ3n) is 5.46. The summed E-state index contributed by atoms with van der Waals surface area (Å²) in [4.78, 5) is 23.6. The Kier molecular flexibility index (Phi) is 11.4. The zero-order valence-electron chi connectivity index (χ0n) is 21.3. The van der Waals surface area contributed by atoms with E-state index in [0.717, 1.165) is 6.07 Å².